The van der Waals surface area contributed by atoms with Gasteiger partial charge in [0.05, 0.1) is 6.04 Å². The number of nitrogens with one attached hydrogen (secondary N) is 2. The Bertz CT molecular complexity index is 1470. The van der Waals surface area contributed by atoms with Crippen LogP contribution in [0.5, 0.6) is 5.75 Å². The molecule has 18 heteroatoms. The van der Waals surface area contributed by atoms with E-state index in [2.05, 4.69) is 9.50 Å². The van der Waals surface area contributed by atoms with Crippen LogP contribution in [0.4, 0.5) is 35.1 Å². The first kappa shape index (κ1) is 29.6. The molecule has 0 aromatic heterocycles. The van der Waals surface area contributed by atoms with Gasteiger partial charge in [-0.3, -0.25) is 4.79 Å². The van der Waals surface area contributed by atoms with Crippen LogP contribution in [0.3, 0.4) is 0 Å². The fraction of sp³-hybridized carbons (Fsp3) is 0.350. The molecule has 1 fully saturated rings. The predicted octanol–water partition coefficient (Wildman–Crippen LogP) is 4.01. The lowest BCUT2D eigenvalue weighted by Crippen LogP contribution is -2.52. The SMILES string of the molecule is C[C@@H](NC(=O)C1(NS(=O)(=O)C(F)(F)F)CC1)c1ccc(-c2cccc(F)c2OS(=O)(=O)C(F)(F)F)cc1F. The highest BCUT2D eigenvalue weighted by Crippen LogP contribution is 2.40. The largest absolute Gasteiger partial charge is 0.534 e. The van der Waals surface area contributed by atoms with E-state index in [1.54, 1.807) is 0 Å². The molecule has 38 heavy (non-hydrogen) atoms. The lowest BCUT2D eigenvalue weighted by Gasteiger charge is -2.22. The molecule has 1 amide bonds. The molecule has 210 valence electrons. The van der Waals surface area contributed by atoms with E-state index in [4.69, 9.17) is 0 Å². The van der Waals surface area contributed by atoms with Crippen LogP contribution < -0.4 is 14.2 Å². The summed E-state index contributed by atoms with van der Waals surface area (Å²) >= 11 is 0. The number of halogens is 8. The van der Waals surface area contributed by atoms with Crippen molar-refractivity contribution in [1.82, 2.24) is 10.0 Å². The Labute approximate surface area is 210 Å². The summed E-state index contributed by atoms with van der Waals surface area (Å²) in [6.07, 6.45) is -0.517. The molecule has 0 bridgehead atoms. The van der Waals surface area contributed by atoms with Crippen molar-refractivity contribution in [2.24, 2.45) is 0 Å². The van der Waals surface area contributed by atoms with Crippen LogP contribution in [0.1, 0.15) is 31.4 Å². The molecule has 0 unspecified atom stereocenters. The van der Waals surface area contributed by atoms with Gasteiger partial charge in [0.2, 0.25) is 5.91 Å². The van der Waals surface area contributed by atoms with E-state index < -0.39 is 71.6 Å². The van der Waals surface area contributed by atoms with E-state index in [1.807, 2.05) is 0 Å². The van der Waals surface area contributed by atoms with Crippen LogP contribution in [0.2, 0.25) is 0 Å². The molecule has 0 radical (unpaired) electrons. The second kappa shape index (κ2) is 9.64. The molecular weight excluding hydrogens is 580 g/mol. The molecule has 1 aliphatic rings. The fourth-order valence-corrected chi connectivity index (χ4v) is 4.66. The fourth-order valence-electron chi connectivity index (χ4n) is 3.25. The quantitative estimate of drug-likeness (QED) is 0.270. The maximum absolute atomic E-state index is 14.9. The third kappa shape index (κ3) is 5.85. The third-order valence-electron chi connectivity index (χ3n) is 5.39. The number of rotatable bonds is 8. The van der Waals surface area contributed by atoms with Gasteiger partial charge in [0, 0.05) is 11.1 Å². The van der Waals surface area contributed by atoms with Gasteiger partial charge >= 0.3 is 31.2 Å². The Hall–Kier alpha value is -2.99. The number of carbonyl (C=O) groups is 1. The maximum Gasteiger partial charge on any atom is 0.534 e. The van der Waals surface area contributed by atoms with Gasteiger partial charge in [-0.1, -0.05) is 24.3 Å². The zero-order valence-electron chi connectivity index (χ0n) is 18.7. The molecule has 2 N–H and O–H groups in total. The molecule has 1 aliphatic carbocycles. The lowest BCUT2D eigenvalue weighted by molar-refractivity contribution is -0.124. The monoisotopic (exact) mass is 596 g/mol. The van der Waals surface area contributed by atoms with Gasteiger partial charge in [-0.25, -0.2) is 17.2 Å². The van der Waals surface area contributed by atoms with Gasteiger partial charge in [0.15, 0.2) is 11.6 Å². The van der Waals surface area contributed by atoms with Crippen molar-refractivity contribution in [2.75, 3.05) is 0 Å². The second-order valence-electron chi connectivity index (χ2n) is 8.16. The van der Waals surface area contributed by atoms with Crippen LogP contribution in [0, 0.1) is 11.6 Å². The van der Waals surface area contributed by atoms with E-state index in [1.165, 1.54) is 11.6 Å². The highest BCUT2D eigenvalue weighted by Gasteiger charge is 2.58. The van der Waals surface area contributed by atoms with Crippen LogP contribution in [0.15, 0.2) is 36.4 Å². The third-order valence-corrected chi connectivity index (χ3v) is 7.61. The van der Waals surface area contributed by atoms with Crippen molar-refractivity contribution in [3.63, 3.8) is 0 Å². The summed E-state index contributed by atoms with van der Waals surface area (Å²) in [5, 5.41) is 2.18. The number of carbonyl (C=O) groups excluding carboxylic acids is 1. The molecule has 3 rings (SSSR count). The summed E-state index contributed by atoms with van der Waals surface area (Å²) < 4.78 is 156. The predicted molar refractivity (Wildman–Crippen MR) is 114 cm³/mol. The first-order valence-corrected chi connectivity index (χ1v) is 13.1. The molecule has 0 heterocycles. The van der Waals surface area contributed by atoms with E-state index in [9.17, 15) is 56.8 Å². The average molecular weight is 596 g/mol. The molecular formula is C20H16F8N2O6S2. The lowest BCUT2D eigenvalue weighted by atomic mass is 9.99. The number of alkyl halides is 6. The van der Waals surface area contributed by atoms with Gasteiger partial charge in [0.25, 0.3) is 0 Å². The van der Waals surface area contributed by atoms with Crippen molar-refractivity contribution >= 4 is 26.0 Å². The summed E-state index contributed by atoms with van der Waals surface area (Å²) in [5.41, 5.74) is -14.8. The smallest absolute Gasteiger partial charge is 0.372 e. The second-order valence-corrected chi connectivity index (χ2v) is 11.4. The van der Waals surface area contributed by atoms with Crippen LogP contribution in [-0.2, 0) is 24.9 Å². The number of sulfonamides is 1. The average Bonchev–Trinajstić information content (AvgIpc) is 3.53. The molecule has 1 saturated carbocycles. The molecule has 1 atom stereocenters. The van der Waals surface area contributed by atoms with Crippen molar-refractivity contribution in [3.8, 4) is 16.9 Å². The van der Waals surface area contributed by atoms with Gasteiger partial charge < -0.3 is 9.50 Å². The minimum absolute atomic E-state index is 0.258. The van der Waals surface area contributed by atoms with Crippen molar-refractivity contribution < 1.29 is 60.9 Å². The zero-order valence-corrected chi connectivity index (χ0v) is 20.4. The Balaban J connectivity index is 1.85. The summed E-state index contributed by atoms with van der Waals surface area (Å²) in [5.74, 6) is -5.16. The molecule has 2 aromatic rings. The summed E-state index contributed by atoms with van der Waals surface area (Å²) in [6, 6.07) is 3.98. The number of benzene rings is 2. The highest BCUT2D eigenvalue weighted by atomic mass is 32.2. The Morgan fingerprint density at radius 1 is 0.947 bits per heavy atom. The van der Waals surface area contributed by atoms with Gasteiger partial charge in [-0.05, 0) is 37.5 Å². The Morgan fingerprint density at radius 2 is 1.55 bits per heavy atom. The first-order chi connectivity index (χ1) is 17.2. The Kier molecular flexibility index (Phi) is 7.50. The van der Waals surface area contributed by atoms with Crippen LogP contribution in [-0.4, -0.2) is 39.3 Å². The number of hydrogen-bond acceptors (Lipinski definition) is 6. The Morgan fingerprint density at radius 3 is 2.05 bits per heavy atom. The number of hydrogen-bond donors (Lipinski definition) is 2. The van der Waals surface area contributed by atoms with E-state index in [0.29, 0.717) is 12.1 Å². The number of amides is 1. The number of para-hydroxylation sites is 1. The van der Waals surface area contributed by atoms with E-state index >= 15 is 0 Å². The standard InChI is InChI=1S/C20H16F8N2O6S2/c1-10(29-17(31)18(7-8-18)30-37(32,33)19(23,24)25)12-6-5-11(9-15(12)22)13-3-2-4-14(21)16(13)36-38(34,35)20(26,27)28/h2-6,9-10,30H,7-8H2,1H3,(H,29,31)/t10-/m1/s1. The summed E-state index contributed by atoms with van der Waals surface area (Å²) in [7, 11) is -12.1. The molecule has 8 nitrogen and oxygen atoms in total. The highest BCUT2D eigenvalue weighted by molar-refractivity contribution is 7.90. The zero-order chi connectivity index (χ0) is 28.9. The van der Waals surface area contributed by atoms with Crippen LogP contribution in [0.25, 0.3) is 11.1 Å². The van der Waals surface area contributed by atoms with Crippen LogP contribution >= 0.6 is 0 Å². The van der Waals surface area contributed by atoms with Gasteiger partial charge in [-0.2, -0.15) is 39.5 Å². The minimum atomic E-state index is -6.28. The van der Waals surface area contributed by atoms with Gasteiger partial charge in [0.1, 0.15) is 11.4 Å². The van der Waals surface area contributed by atoms with Crippen molar-refractivity contribution in [3.05, 3.63) is 53.6 Å². The van der Waals surface area contributed by atoms with E-state index in [-0.39, 0.29) is 24.0 Å². The molecule has 2 aromatic carbocycles. The summed E-state index contributed by atoms with van der Waals surface area (Å²) in [6.45, 7) is 1.21. The summed E-state index contributed by atoms with van der Waals surface area (Å²) in [4.78, 5) is 12.5. The van der Waals surface area contributed by atoms with Gasteiger partial charge in [-0.15, -0.1) is 0 Å². The molecule has 0 saturated heterocycles. The maximum atomic E-state index is 14.9. The molecule has 0 spiro atoms. The normalized spacial score (nSPS) is 16.6. The van der Waals surface area contributed by atoms with Crippen molar-refractivity contribution in [2.45, 2.75) is 42.4 Å². The van der Waals surface area contributed by atoms with E-state index in [0.717, 1.165) is 24.3 Å². The first-order valence-electron chi connectivity index (χ1n) is 10.2. The van der Waals surface area contributed by atoms with Crippen molar-refractivity contribution in [1.29, 1.82) is 0 Å². The molecule has 0 aliphatic heterocycles. The minimum Gasteiger partial charge on any atom is -0.372 e. The topological polar surface area (TPSA) is 119 Å².